The van der Waals surface area contributed by atoms with E-state index >= 15 is 0 Å². The van der Waals surface area contributed by atoms with Crippen molar-refractivity contribution >= 4 is 5.97 Å². The Bertz CT molecular complexity index is 473. The SMILES string of the molecule is C=C1C(=O)OC2C1CCC1(C)OC1CCC1(C)OC21. The van der Waals surface area contributed by atoms with Crippen LogP contribution in [0.4, 0.5) is 0 Å². The smallest absolute Gasteiger partial charge is 0.334 e. The van der Waals surface area contributed by atoms with Gasteiger partial charge in [-0.1, -0.05) is 6.58 Å². The Labute approximate surface area is 113 Å². The highest BCUT2D eigenvalue weighted by atomic mass is 16.6. The molecule has 6 atom stereocenters. The number of carbonyl (C=O) groups is 1. The van der Waals surface area contributed by atoms with E-state index in [9.17, 15) is 4.79 Å². The molecule has 0 aromatic heterocycles. The number of hydrogen-bond acceptors (Lipinski definition) is 4. The molecule has 0 aromatic carbocycles. The summed E-state index contributed by atoms with van der Waals surface area (Å²) in [6.07, 6.45) is 4.15. The minimum atomic E-state index is -0.245. The Hall–Kier alpha value is -0.870. The van der Waals surface area contributed by atoms with Gasteiger partial charge in [0, 0.05) is 11.5 Å². The molecule has 0 amide bonds. The second-order valence-corrected chi connectivity index (χ2v) is 6.85. The fraction of sp³-hybridized carbons (Fsp3) is 0.800. The maximum absolute atomic E-state index is 11.8. The molecular formula is C15H20O4. The highest BCUT2D eigenvalue weighted by Crippen LogP contribution is 2.54. The molecule has 19 heavy (non-hydrogen) atoms. The van der Waals surface area contributed by atoms with Crippen molar-refractivity contribution in [2.24, 2.45) is 5.92 Å². The quantitative estimate of drug-likeness (QED) is 0.381. The standard InChI is InChI=1S/C15H20O4/c1-8-9-4-6-14(2)10(18-14)5-7-15(3)12(19-15)11(9)17-13(8)16/h9-12H,1,4-7H2,2-3H3. The number of ether oxygens (including phenoxy) is 3. The van der Waals surface area contributed by atoms with Gasteiger partial charge in [-0.25, -0.2) is 4.79 Å². The van der Waals surface area contributed by atoms with E-state index in [1.165, 1.54) is 0 Å². The number of esters is 1. The van der Waals surface area contributed by atoms with Crippen molar-refractivity contribution in [1.29, 1.82) is 0 Å². The molecule has 4 aliphatic rings. The molecule has 3 aliphatic heterocycles. The number of epoxide rings is 2. The monoisotopic (exact) mass is 264 g/mol. The number of fused-ring (bicyclic) bond motifs is 4. The summed E-state index contributed by atoms with van der Waals surface area (Å²) >= 11 is 0. The third-order valence-corrected chi connectivity index (χ3v) is 5.48. The van der Waals surface area contributed by atoms with Gasteiger partial charge >= 0.3 is 5.97 Å². The summed E-state index contributed by atoms with van der Waals surface area (Å²) in [6.45, 7) is 8.20. The summed E-state index contributed by atoms with van der Waals surface area (Å²) in [6, 6.07) is 0. The van der Waals surface area contributed by atoms with Gasteiger partial charge in [0.05, 0.1) is 17.3 Å². The molecule has 0 bridgehead atoms. The minimum Gasteiger partial charge on any atom is -0.455 e. The molecule has 4 heteroatoms. The summed E-state index contributed by atoms with van der Waals surface area (Å²) in [5.74, 6) is -0.149. The van der Waals surface area contributed by atoms with E-state index < -0.39 is 0 Å². The van der Waals surface area contributed by atoms with Gasteiger partial charge in [-0.15, -0.1) is 0 Å². The van der Waals surface area contributed by atoms with Crippen molar-refractivity contribution in [3.05, 3.63) is 12.2 Å². The van der Waals surface area contributed by atoms with Crippen LogP contribution in [0.2, 0.25) is 0 Å². The lowest BCUT2D eigenvalue weighted by Crippen LogP contribution is -2.30. The molecule has 0 N–H and O–H groups in total. The van der Waals surface area contributed by atoms with Crippen LogP contribution in [0, 0.1) is 5.92 Å². The molecule has 3 heterocycles. The van der Waals surface area contributed by atoms with Gasteiger partial charge in [0.25, 0.3) is 0 Å². The first-order chi connectivity index (χ1) is 8.93. The predicted molar refractivity (Wildman–Crippen MR) is 67.5 cm³/mol. The molecule has 4 rings (SSSR count). The molecule has 0 aromatic rings. The lowest BCUT2D eigenvalue weighted by Gasteiger charge is -2.20. The molecule has 1 aliphatic carbocycles. The van der Waals surface area contributed by atoms with E-state index in [-0.39, 0.29) is 35.3 Å². The second kappa shape index (κ2) is 3.41. The van der Waals surface area contributed by atoms with E-state index in [4.69, 9.17) is 14.2 Å². The van der Waals surface area contributed by atoms with E-state index in [0.717, 1.165) is 25.7 Å². The van der Waals surface area contributed by atoms with E-state index in [1.807, 2.05) is 0 Å². The lowest BCUT2D eigenvalue weighted by atomic mass is 9.81. The third kappa shape index (κ3) is 1.62. The minimum absolute atomic E-state index is 0.00540. The van der Waals surface area contributed by atoms with Gasteiger partial charge in [0.1, 0.15) is 12.2 Å². The number of carbonyl (C=O) groups excluding carboxylic acids is 1. The summed E-state index contributed by atoms with van der Waals surface area (Å²) < 4.78 is 17.2. The highest BCUT2D eigenvalue weighted by molar-refractivity contribution is 5.91. The largest absolute Gasteiger partial charge is 0.455 e. The fourth-order valence-electron chi connectivity index (χ4n) is 3.85. The number of rotatable bonds is 0. The van der Waals surface area contributed by atoms with Crippen molar-refractivity contribution < 1.29 is 19.0 Å². The van der Waals surface area contributed by atoms with Gasteiger partial charge in [0.15, 0.2) is 0 Å². The van der Waals surface area contributed by atoms with Gasteiger partial charge in [0.2, 0.25) is 0 Å². The molecule has 1 saturated carbocycles. The van der Waals surface area contributed by atoms with Crippen LogP contribution in [0.15, 0.2) is 12.2 Å². The first kappa shape index (κ1) is 11.9. The molecule has 6 unspecified atom stereocenters. The Morgan fingerprint density at radius 1 is 1.16 bits per heavy atom. The van der Waals surface area contributed by atoms with Crippen molar-refractivity contribution in [3.63, 3.8) is 0 Å². The van der Waals surface area contributed by atoms with Gasteiger partial charge in [-0.05, 0) is 39.5 Å². The van der Waals surface area contributed by atoms with E-state index in [0.29, 0.717) is 11.7 Å². The van der Waals surface area contributed by atoms with Crippen LogP contribution in [0.5, 0.6) is 0 Å². The summed E-state index contributed by atoms with van der Waals surface area (Å²) in [4.78, 5) is 11.8. The Morgan fingerprint density at radius 3 is 2.68 bits per heavy atom. The predicted octanol–water partition coefficient (Wildman–Crippen LogP) is 1.97. The molecule has 4 nitrogen and oxygen atoms in total. The molecule has 0 spiro atoms. The van der Waals surface area contributed by atoms with Crippen molar-refractivity contribution in [2.45, 2.75) is 69.0 Å². The number of hydrogen-bond donors (Lipinski definition) is 0. The highest BCUT2D eigenvalue weighted by Gasteiger charge is 2.64. The first-order valence-electron chi connectivity index (χ1n) is 7.18. The van der Waals surface area contributed by atoms with E-state index in [2.05, 4.69) is 20.4 Å². The average Bonchev–Trinajstić information content (AvgIpc) is 3.18. The van der Waals surface area contributed by atoms with Crippen molar-refractivity contribution in [1.82, 2.24) is 0 Å². The Balaban J connectivity index is 1.62. The maximum Gasteiger partial charge on any atom is 0.334 e. The maximum atomic E-state index is 11.8. The van der Waals surface area contributed by atoms with Crippen LogP contribution < -0.4 is 0 Å². The Morgan fingerprint density at radius 2 is 1.89 bits per heavy atom. The Kier molecular flexibility index (Phi) is 2.14. The average molecular weight is 264 g/mol. The third-order valence-electron chi connectivity index (χ3n) is 5.48. The van der Waals surface area contributed by atoms with Crippen LogP contribution >= 0.6 is 0 Å². The molecular weight excluding hydrogens is 244 g/mol. The summed E-state index contributed by atoms with van der Waals surface area (Å²) in [5, 5.41) is 0. The van der Waals surface area contributed by atoms with Gasteiger partial charge in [-0.2, -0.15) is 0 Å². The van der Waals surface area contributed by atoms with Crippen LogP contribution in [-0.4, -0.2) is 35.5 Å². The summed E-state index contributed by atoms with van der Waals surface area (Å²) in [5.41, 5.74) is 0.469. The topological polar surface area (TPSA) is 51.4 Å². The lowest BCUT2D eigenvalue weighted by molar-refractivity contribution is -0.140. The molecule has 3 saturated heterocycles. The van der Waals surface area contributed by atoms with Crippen LogP contribution in [0.1, 0.15) is 39.5 Å². The van der Waals surface area contributed by atoms with Crippen LogP contribution in [-0.2, 0) is 19.0 Å². The van der Waals surface area contributed by atoms with Crippen LogP contribution in [0.3, 0.4) is 0 Å². The zero-order valence-electron chi connectivity index (χ0n) is 11.5. The van der Waals surface area contributed by atoms with Crippen molar-refractivity contribution in [2.75, 3.05) is 0 Å². The van der Waals surface area contributed by atoms with Gasteiger partial charge in [-0.3, -0.25) is 0 Å². The molecule has 4 fully saturated rings. The first-order valence-corrected chi connectivity index (χ1v) is 7.18. The van der Waals surface area contributed by atoms with E-state index in [1.54, 1.807) is 0 Å². The van der Waals surface area contributed by atoms with Crippen LogP contribution in [0.25, 0.3) is 0 Å². The van der Waals surface area contributed by atoms with Gasteiger partial charge < -0.3 is 14.2 Å². The summed E-state index contributed by atoms with van der Waals surface area (Å²) in [7, 11) is 0. The molecule has 0 radical (unpaired) electrons. The zero-order valence-corrected chi connectivity index (χ0v) is 11.5. The second-order valence-electron chi connectivity index (χ2n) is 6.85. The fourth-order valence-corrected chi connectivity index (χ4v) is 3.85. The van der Waals surface area contributed by atoms with Crippen molar-refractivity contribution in [3.8, 4) is 0 Å². The normalized spacial score (nSPS) is 55.7. The molecule has 104 valence electrons. The zero-order chi connectivity index (χ0) is 13.4.